The second-order valence-electron chi connectivity index (χ2n) is 5.52. The van der Waals surface area contributed by atoms with Crippen LogP contribution < -0.4 is 10.6 Å². The maximum absolute atomic E-state index is 12.0. The Kier molecular flexibility index (Phi) is 6.68. The Bertz CT molecular complexity index is 826. The molecule has 1 atom stereocenters. The van der Waals surface area contributed by atoms with Gasteiger partial charge in [-0.15, -0.1) is 0 Å². The maximum Gasteiger partial charge on any atom is 0.326 e. The fourth-order valence-electron chi connectivity index (χ4n) is 2.05. The van der Waals surface area contributed by atoms with Crippen molar-refractivity contribution in [1.82, 2.24) is 10.3 Å². The lowest BCUT2D eigenvalue weighted by Crippen LogP contribution is -2.35. The van der Waals surface area contributed by atoms with Crippen LogP contribution in [0.25, 0.3) is 0 Å². The van der Waals surface area contributed by atoms with Crippen LogP contribution >= 0.6 is 11.6 Å². The Hall–Kier alpha value is -2.93. The number of ether oxygens (including phenoxy) is 1. The number of hydrogen-bond donors (Lipinski definition) is 2. The standard InChI is InChI=1S/C18H18ClN3O4/c1-11-5-3-6-13(9-11)18(25)21-10-15(23)26-12(2)17(24)22-14-7-4-8-20-16(14)19/h3-9,12H,10H2,1-2H3,(H,21,25)(H,22,24). The Labute approximate surface area is 155 Å². The molecule has 7 nitrogen and oxygen atoms in total. The monoisotopic (exact) mass is 375 g/mol. The normalized spacial score (nSPS) is 11.3. The zero-order valence-corrected chi connectivity index (χ0v) is 15.0. The van der Waals surface area contributed by atoms with Crippen LogP contribution in [-0.2, 0) is 14.3 Å². The minimum absolute atomic E-state index is 0.129. The van der Waals surface area contributed by atoms with Crippen LogP contribution in [0.1, 0.15) is 22.8 Å². The molecule has 1 heterocycles. The van der Waals surface area contributed by atoms with Gasteiger partial charge in [-0.2, -0.15) is 0 Å². The number of carbonyl (C=O) groups excluding carboxylic acids is 3. The molecule has 1 aromatic heterocycles. The summed E-state index contributed by atoms with van der Waals surface area (Å²) in [6.45, 7) is 2.93. The number of amides is 2. The lowest BCUT2D eigenvalue weighted by atomic mass is 10.1. The zero-order chi connectivity index (χ0) is 19.1. The number of hydrogen-bond acceptors (Lipinski definition) is 5. The Morgan fingerprint density at radius 3 is 2.69 bits per heavy atom. The highest BCUT2D eigenvalue weighted by Gasteiger charge is 2.19. The number of anilines is 1. The first-order chi connectivity index (χ1) is 12.4. The van der Waals surface area contributed by atoms with E-state index in [4.69, 9.17) is 16.3 Å². The van der Waals surface area contributed by atoms with Crippen LogP contribution in [0.2, 0.25) is 5.15 Å². The number of halogens is 1. The molecule has 1 aromatic carbocycles. The second kappa shape index (κ2) is 8.96. The lowest BCUT2D eigenvalue weighted by molar-refractivity contribution is -0.152. The van der Waals surface area contributed by atoms with Gasteiger partial charge in [0.25, 0.3) is 11.8 Å². The molecule has 136 valence electrons. The molecule has 2 N–H and O–H groups in total. The number of nitrogens with zero attached hydrogens (tertiary/aromatic N) is 1. The van der Waals surface area contributed by atoms with E-state index in [1.807, 2.05) is 13.0 Å². The minimum atomic E-state index is -1.06. The minimum Gasteiger partial charge on any atom is -0.451 e. The van der Waals surface area contributed by atoms with Gasteiger partial charge in [0.1, 0.15) is 6.54 Å². The molecule has 2 rings (SSSR count). The van der Waals surface area contributed by atoms with Gasteiger partial charge in [0.2, 0.25) is 0 Å². The van der Waals surface area contributed by atoms with Gasteiger partial charge in [-0.1, -0.05) is 29.3 Å². The summed E-state index contributed by atoms with van der Waals surface area (Å²) in [7, 11) is 0. The highest BCUT2D eigenvalue weighted by molar-refractivity contribution is 6.32. The Morgan fingerprint density at radius 1 is 1.23 bits per heavy atom. The number of aromatic nitrogens is 1. The molecule has 0 aliphatic rings. The molecule has 2 aromatic rings. The van der Waals surface area contributed by atoms with Gasteiger partial charge in [-0.25, -0.2) is 4.98 Å². The van der Waals surface area contributed by atoms with Crippen molar-refractivity contribution in [2.45, 2.75) is 20.0 Å². The van der Waals surface area contributed by atoms with E-state index in [0.717, 1.165) is 5.56 Å². The van der Waals surface area contributed by atoms with E-state index in [2.05, 4.69) is 15.6 Å². The maximum atomic E-state index is 12.0. The number of carbonyl (C=O) groups is 3. The lowest BCUT2D eigenvalue weighted by Gasteiger charge is -2.14. The van der Waals surface area contributed by atoms with Crippen LogP contribution in [0, 0.1) is 6.92 Å². The molecule has 2 amide bonds. The molecule has 0 spiro atoms. The van der Waals surface area contributed by atoms with Gasteiger partial charge in [0.15, 0.2) is 11.3 Å². The predicted molar refractivity (Wildman–Crippen MR) is 96.9 cm³/mol. The summed E-state index contributed by atoms with van der Waals surface area (Å²) in [5.41, 5.74) is 1.68. The van der Waals surface area contributed by atoms with Crippen molar-refractivity contribution in [2.75, 3.05) is 11.9 Å². The van der Waals surface area contributed by atoms with E-state index in [1.54, 1.807) is 30.3 Å². The largest absolute Gasteiger partial charge is 0.451 e. The van der Waals surface area contributed by atoms with Crippen molar-refractivity contribution < 1.29 is 19.1 Å². The van der Waals surface area contributed by atoms with Crippen LogP contribution in [0.15, 0.2) is 42.6 Å². The molecule has 0 aliphatic heterocycles. The number of pyridine rings is 1. The fraction of sp³-hybridized carbons (Fsp3) is 0.222. The summed E-state index contributed by atoms with van der Waals surface area (Å²) in [5, 5.41) is 5.10. The molecule has 0 saturated heterocycles. The van der Waals surface area contributed by atoms with Gasteiger partial charge < -0.3 is 15.4 Å². The van der Waals surface area contributed by atoms with E-state index in [0.29, 0.717) is 11.3 Å². The van der Waals surface area contributed by atoms with Crippen molar-refractivity contribution in [3.05, 3.63) is 58.9 Å². The third-order valence-electron chi connectivity index (χ3n) is 3.37. The average molecular weight is 376 g/mol. The van der Waals surface area contributed by atoms with Crippen molar-refractivity contribution in [2.24, 2.45) is 0 Å². The number of esters is 1. The SMILES string of the molecule is Cc1cccc(C(=O)NCC(=O)OC(C)C(=O)Nc2cccnc2Cl)c1. The highest BCUT2D eigenvalue weighted by atomic mass is 35.5. The van der Waals surface area contributed by atoms with Crippen molar-refractivity contribution >= 4 is 35.1 Å². The summed E-state index contributed by atoms with van der Waals surface area (Å²) in [6.07, 6.45) is 0.424. The highest BCUT2D eigenvalue weighted by Crippen LogP contribution is 2.17. The van der Waals surface area contributed by atoms with Crippen LogP contribution in [0.4, 0.5) is 5.69 Å². The quantitative estimate of drug-likeness (QED) is 0.596. The van der Waals surface area contributed by atoms with E-state index >= 15 is 0 Å². The molecular formula is C18H18ClN3O4. The van der Waals surface area contributed by atoms with Crippen molar-refractivity contribution in [3.8, 4) is 0 Å². The molecule has 1 unspecified atom stereocenters. The number of nitrogens with one attached hydrogen (secondary N) is 2. The van der Waals surface area contributed by atoms with Gasteiger partial charge in [0, 0.05) is 11.8 Å². The zero-order valence-electron chi connectivity index (χ0n) is 14.3. The molecular weight excluding hydrogens is 358 g/mol. The van der Waals surface area contributed by atoms with Crippen LogP contribution in [0.5, 0.6) is 0 Å². The topological polar surface area (TPSA) is 97.4 Å². The van der Waals surface area contributed by atoms with Gasteiger partial charge in [-0.05, 0) is 38.1 Å². The molecule has 0 fully saturated rings. The van der Waals surface area contributed by atoms with Crippen LogP contribution in [0.3, 0.4) is 0 Å². The first-order valence-electron chi connectivity index (χ1n) is 7.82. The number of aryl methyl sites for hydroxylation is 1. The molecule has 0 aliphatic carbocycles. The van der Waals surface area contributed by atoms with Gasteiger partial charge >= 0.3 is 5.97 Å². The third-order valence-corrected chi connectivity index (χ3v) is 3.67. The summed E-state index contributed by atoms with van der Waals surface area (Å²) >= 11 is 5.85. The fourth-order valence-corrected chi connectivity index (χ4v) is 2.21. The molecule has 0 saturated carbocycles. The van der Waals surface area contributed by atoms with Crippen molar-refractivity contribution in [1.29, 1.82) is 0 Å². The predicted octanol–water partition coefficient (Wildman–Crippen LogP) is 2.34. The van der Waals surface area contributed by atoms with E-state index in [-0.39, 0.29) is 11.7 Å². The summed E-state index contributed by atoms with van der Waals surface area (Å²) in [4.78, 5) is 39.7. The number of rotatable bonds is 6. The first kappa shape index (κ1) is 19.4. The summed E-state index contributed by atoms with van der Waals surface area (Å²) in [6, 6.07) is 10.1. The summed E-state index contributed by atoms with van der Waals surface area (Å²) in [5.74, 6) is -1.69. The van der Waals surface area contributed by atoms with Crippen LogP contribution in [-0.4, -0.2) is 35.4 Å². The van der Waals surface area contributed by atoms with E-state index < -0.39 is 23.9 Å². The third kappa shape index (κ3) is 5.56. The smallest absolute Gasteiger partial charge is 0.326 e. The van der Waals surface area contributed by atoms with E-state index in [9.17, 15) is 14.4 Å². The Balaban J connectivity index is 1.82. The first-order valence-corrected chi connectivity index (χ1v) is 8.20. The van der Waals surface area contributed by atoms with Crippen molar-refractivity contribution in [3.63, 3.8) is 0 Å². The Morgan fingerprint density at radius 2 is 2.00 bits per heavy atom. The average Bonchev–Trinajstić information content (AvgIpc) is 2.61. The number of benzene rings is 1. The molecule has 8 heteroatoms. The van der Waals surface area contributed by atoms with E-state index in [1.165, 1.54) is 13.1 Å². The molecule has 26 heavy (non-hydrogen) atoms. The van der Waals surface area contributed by atoms with Gasteiger partial charge in [-0.3, -0.25) is 14.4 Å². The molecule has 0 radical (unpaired) electrons. The second-order valence-corrected chi connectivity index (χ2v) is 5.87. The molecule has 0 bridgehead atoms. The summed E-state index contributed by atoms with van der Waals surface area (Å²) < 4.78 is 5.01. The van der Waals surface area contributed by atoms with Gasteiger partial charge in [0.05, 0.1) is 5.69 Å².